The highest BCUT2D eigenvalue weighted by Crippen LogP contribution is 2.39. The molecule has 2 rings (SSSR count). The van der Waals surface area contributed by atoms with Gasteiger partial charge in [-0.1, -0.05) is 44.2 Å². The van der Waals surface area contributed by atoms with Crippen LogP contribution in [-0.2, 0) is 9.53 Å². The van der Waals surface area contributed by atoms with E-state index in [4.69, 9.17) is 4.74 Å². The summed E-state index contributed by atoms with van der Waals surface area (Å²) in [5.74, 6) is -0.381. The molecule has 1 aromatic carbocycles. The summed E-state index contributed by atoms with van der Waals surface area (Å²) in [4.78, 5) is 12.3. The summed E-state index contributed by atoms with van der Waals surface area (Å²) in [5.41, 5.74) is 3.66. The number of allylic oxidation sites excluding steroid dienone is 3. The average molecular weight is 310 g/mol. The van der Waals surface area contributed by atoms with Crippen molar-refractivity contribution in [3.8, 4) is 6.07 Å². The molecule has 0 radical (unpaired) electrons. The Kier molecular flexibility index (Phi) is 5.23. The third-order valence-electron chi connectivity index (χ3n) is 3.92. The van der Waals surface area contributed by atoms with E-state index in [1.54, 1.807) is 0 Å². The molecule has 23 heavy (non-hydrogen) atoms. The number of nitrogens with zero attached hydrogens (tertiary/aromatic N) is 1. The van der Waals surface area contributed by atoms with Crippen molar-refractivity contribution >= 4 is 5.97 Å². The van der Waals surface area contributed by atoms with Crippen LogP contribution in [0.3, 0.4) is 0 Å². The number of carbonyl (C=O) groups excluding carboxylic acids is 1. The van der Waals surface area contributed by atoms with Crippen molar-refractivity contribution in [2.45, 2.75) is 33.1 Å². The van der Waals surface area contributed by atoms with Gasteiger partial charge in [0.1, 0.15) is 0 Å². The van der Waals surface area contributed by atoms with Gasteiger partial charge < -0.3 is 10.1 Å². The average Bonchev–Trinajstić information content (AvgIpc) is 2.54. The summed E-state index contributed by atoms with van der Waals surface area (Å²) >= 11 is 0. The molecule has 0 aromatic heterocycles. The predicted octanol–water partition coefficient (Wildman–Crippen LogP) is 3.64. The maximum atomic E-state index is 12.3. The van der Waals surface area contributed by atoms with Crippen LogP contribution in [0, 0.1) is 17.2 Å². The lowest BCUT2D eigenvalue weighted by molar-refractivity contribution is -0.136. The molecule has 0 spiro atoms. The fraction of sp³-hybridized carbons (Fsp3) is 0.368. The molecule has 0 aliphatic carbocycles. The molecule has 4 heteroatoms. The summed E-state index contributed by atoms with van der Waals surface area (Å²) < 4.78 is 4.95. The number of rotatable bonds is 4. The quantitative estimate of drug-likeness (QED) is 0.862. The van der Waals surface area contributed by atoms with Crippen LogP contribution in [0.15, 0.2) is 52.9 Å². The Labute approximate surface area is 137 Å². The van der Waals surface area contributed by atoms with E-state index in [9.17, 15) is 10.1 Å². The lowest BCUT2D eigenvalue weighted by Gasteiger charge is -2.30. The lowest BCUT2D eigenvalue weighted by atomic mass is 9.80. The Balaban J connectivity index is 2.63. The van der Waals surface area contributed by atoms with Crippen LogP contribution in [0.4, 0.5) is 0 Å². The second kappa shape index (κ2) is 7.15. The van der Waals surface area contributed by atoms with Gasteiger partial charge in [0.05, 0.1) is 30.2 Å². The van der Waals surface area contributed by atoms with E-state index in [0.29, 0.717) is 17.1 Å². The Morgan fingerprint density at radius 2 is 2.00 bits per heavy atom. The van der Waals surface area contributed by atoms with Crippen LogP contribution in [0.25, 0.3) is 0 Å². The van der Waals surface area contributed by atoms with Crippen molar-refractivity contribution in [2.75, 3.05) is 7.11 Å². The molecule has 1 atom stereocenters. The topological polar surface area (TPSA) is 62.1 Å². The normalized spacial score (nSPS) is 17.8. The first-order valence-electron chi connectivity index (χ1n) is 7.73. The number of ether oxygens (including phenoxy) is 1. The van der Waals surface area contributed by atoms with Crippen LogP contribution in [-0.4, -0.2) is 13.1 Å². The van der Waals surface area contributed by atoms with Gasteiger partial charge in [0, 0.05) is 11.4 Å². The summed E-state index contributed by atoms with van der Waals surface area (Å²) in [6.07, 6.45) is 0.762. The van der Waals surface area contributed by atoms with Crippen LogP contribution >= 0.6 is 0 Å². The first kappa shape index (κ1) is 16.8. The molecule has 0 saturated heterocycles. The Hall–Kier alpha value is -2.54. The highest BCUT2D eigenvalue weighted by molar-refractivity contribution is 5.93. The maximum Gasteiger partial charge on any atom is 0.336 e. The molecule has 4 nitrogen and oxygen atoms in total. The van der Waals surface area contributed by atoms with E-state index < -0.39 is 5.97 Å². The van der Waals surface area contributed by atoms with Gasteiger partial charge in [-0.15, -0.1) is 0 Å². The molecule has 1 aromatic rings. The standard InChI is InChI=1S/C19H22N2O2/c1-12(2)10-16-15(11-20)18(14-8-6-5-7-9-14)17(13(3)21-16)19(22)23-4/h5-9,12,18,21H,10H2,1-4H3. The van der Waals surface area contributed by atoms with E-state index in [0.717, 1.165) is 23.4 Å². The number of hydrogen-bond acceptors (Lipinski definition) is 4. The van der Waals surface area contributed by atoms with Gasteiger partial charge in [0.2, 0.25) is 0 Å². The molecule has 1 N–H and O–H groups in total. The molecule has 0 fully saturated rings. The summed E-state index contributed by atoms with van der Waals surface area (Å²) in [6.45, 7) is 6.07. The van der Waals surface area contributed by atoms with Crippen LogP contribution < -0.4 is 5.32 Å². The third-order valence-corrected chi connectivity index (χ3v) is 3.92. The van der Waals surface area contributed by atoms with E-state index in [1.807, 2.05) is 37.3 Å². The number of dihydropyridines is 1. The van der Waals surface area contributed by atoms with E-state index in [1.165, 1.54) is 7.11 Å². The van der Waals surface area contributed by atoms with E-state index in [-0.39, 0.29) is 5.92 Å². The van der Waals surface area contributed by atoms with Crippen LogP contribution in [0.5, 0.6) is 0 Å². The number of carbonyl (C=O) groups is 1. The van der Waals surface area contributed by atoms with Gasteiger partial charge in [-0.2, -0.15) is 5.26 Å². The van der Waals surface area contributed by atoms with Crippen molar-refractivity contribution in [3.05, 3.63) is 58.4 Å². The molecule has 0 bridgehead atoms. The van der Waals surface area contributed by atoms with Crippen LogP contribution in [0.1, 0.15) is 38.7 Å². The molecule has 1 heterocycles. The molecular weight excluding hydrogens is 288 g/mol. The minimum absolute atomic E-state index is 0.386. The largest absolute Gasteiger partial charge is 0.466 e. The van der Waals surface area contributed by atoms with Gasteiger partial charge in [0.15, 0.2) is 0 Å². The molecular formula is C19H22N2O2. The molecule has 1 unspecified atom stereocenters. The van der Waals surface area contributed by atoms with E-state index in [2.05, 4.69) is 25.2 Å². The minimum atomic E-state index is -0.403. The number of nitrogens with one attached hydrogen (secondary N) is 1. The zero-order valence-electron chi connectivity index (χ0n) is 14.0. The molecule has 0 saturated carbocycles. The molecule has 1 aliphatic heterocycles. The van der Waals surface area contributed by atoms with Crippen molar-refractivity contribution in [1.82, 2.24) is 5.32 Å². The lowest BCUT2D eigenvalue weighted by Crippen LogP contribution is -2.29. The fourth-order valence-electron chi connectivity index (χ4n) is 2.96. The zero-order chi connectivity index (χ0) is 17.0. The summed E-state index contributed by atoms with van der Waals surface area (Å²) in [6, 6.07) is 11.9. The van der Waals surface area contributed by atoms with E-state index >= 15 is 0 Å². The monoisotopic (exact) mass is 310 g/mol. The Bertz CT molecular complexity index is 694. The predicted molar refractivity (Wildman–Crippen MR) is 89.1 cm³/mol. The van der Waals surface area contributed by atoms with Crippen molar-refractivity contribution < 1.29 is 9.53 Å². The maximum absolute atomic E-state index is 12.3. The number of hydrogen-bond donors (Lipinski definition) is 1. The Morgan fingerprint density at radius 1 is 1.35 bits per heavy atom. The minimum Gasteiger partial charge on any atom is -0.466 e. The first-order chi connectivity index (χ1) is 11.0. The van der Waals surface area contributed by atoms with Crippen molar-refractivity contribution in [2.24, 2.45) is 5.92 Å². The first-order valence-corrected chi connectivity index (χ1v) is 7.73. The molecule has 0 amide bonds. The number of methoxy groups -OCH3 is 1. The second-order valence-electron chi connectivity index (χ2n) is 6.10. The molecule has 120 valence electrons. The SMILES string of the molecule is COC(=O)C1=C(C)NC(CC(C)C)=C(C#N)C1c1ccccc1. The van der Waals surface area contributed by atoms with Gasteiger partial charge in [-0.3, -0.25) is 0 Å². The third kappa shape index (κ3) is 3.45. The highest BCUT2D eigenvalue weighted by atomic mass is 16.5. The number of nitriles is 1. The second-order valence-corrected chi connectivity index (χ2v) is 6.10. The van der Waals surface area contributed by atoms with Gasteiger partial charge in [0.25, 0.3) is 0 Å². The van der Waals surface area contributed by atoms with Crippen molar-refractivity contribution in [1.29, 1.82) is 5.26 Å². The number of benzene rings is 1. The number of esters is 1. The summed E-state index contributed by atoms with van der Waals surface area (Å²) in [5, 5.41) is 13.0. The molecule has 1 aliphatic rings. The summed E-state index contributed by atoms with van der Waals surface area (Å²) in [7, 11) is 1.37. The highest BCUT2D eigenvalue weighted by Gasteiger charge is 2.34. The van der Waals surface area contributed by atoms with Gasteiger partial charge in [-0.05, 0) is 24.8 Å². The zero-order valence-corrected chi connectivity index (χ0v) is 14.0. The Morgan fingerprint density at radius 3 is 2.52 bits per heavy atom. The van der Waals surface area contributed by atoms with Crippen LogP contribution in [0.2, 0.25) is 0 Å². The fourth-order valence-corrected chi connectivity index (χ4v) is 2.96. The van der Waals surface area contributed by atoms with Crippen molar-refractivity contribution in [3.63, 3.8) is 0 Å². The van der Waals surface area contributed by atoms with Gasteiger partial charge >= 0.3 is 5.97 Å². The van der Waals surface area contributed by atoms with Gasteiger partial charge in [-0.25, -0.2) is 4.79 Å². The smallest absolute Gasteiger partial charge is 0.336 e.